The summed E-state index contributed by atoms with van der Waals surface area (Å²) in [6, 6.07) is 4.21. The van der Waals surface area contributed by atoms with E-state index in [2.05, 4.69) is 10.6 Å². The maximum absolute atomic E-state index is 13.9. The molecule has 98 valence electrons. The highest BCUT2D eigenvalue weighted by molar-refractivity contribution is 6.11. The molecule has 2 N–H and O–H groups in total. The van der Waals surface area contributed by atoms with E-state index in [9.17, 15) is 18.9 Å². The van der Waals surface area contributed by atoms with Gasteiger partial charge in [0.25, 0.3) is 5.91 Å². The minimum Gasteiger partial charge on any atom is -0.303 e. The first-order valence-electron chi connectivity index (χ1n) is 5.45. The van der Waals surface area contributed by atoms with Crippen LogP contribution in [-0.4, -0.2) is 29.9 Å². The Bertz CT molecular complexity index is 620. The molecular formula is C11H9FN4O3. The maximum atomic E-state index is 13.9. The number of para-hydroxylation sites is 1. The van der Waals surface area contributed by atoms with Crippen molar-refractivity contribution in [1.29, 1.82) is 0 Å². The summed E-state index contributed by atoms with van der Waals surface area (Å²) in [5, 5.41) is 4.39. The Morgan fingerprint density at radius 1 is 1.21 bits per heavy atom. The van der Waals surface area contributed by atoms with E-state index < -0.39 is 23.6 Å². The van der Waals surface area contributed by atoms with Gasteiger partial charge in [0.15, 0.2) is 0 Å². The van der Waals surface area contributed by atoms with Crippen molar-refractivity contribution in [2.75, 3.05) is 12.2 Å². The molecule has 1 saturated heterocycles. The largest absolute Gasteiger partial charge is 0.355 e. The summed E-state index contributed by atoms with van der Waals surface area (Å²) in [5.41, 5.74) is -1.57. The standard InChI is InChI=1S/C11H9FN4O3/c1-15-10(19)16(12)7-5-3-2-4-6(7)11(15)8(17)13-9(18)14-11/h2-5H,1H3,(H2,13,14,17,18). The zero-order valence-electron chi connectivity index (χ0n) is 9.81. The quantitative estimate of drug-likeness (QED) is 0.527. The summed E-state index contributed by atoms with van der Waals surface area (Å²) in [5.74, 6) is -0.714. The molecule has 0 saturated carbocycles. The molecule has 19 heavy (non-hydrogen) atoms. The first-order valence-corrected chi connectivity index (χ1v) is 5.45. The summed E-state index contributed by atoms with van der Waals surface area (Å²) >= 11 is 0. The van der Waals surface area contributed by atoms with Gasteiger partial charge in [-0.3, -0.25) is 15.0 Å². The van der Waals surface area contributed by atoms with Gasteiger partial charge >= 0.3 is 12.1 Å². The van der Waals surface area contributed by atoms with Crippen LogP contribution in [0.3, 0.4) is 0 Å². The van der Waals surface area contributed by atoms with Crippen molar-refractivity contribution in [3.05, 3.63) is 29.8 Å². The molecule has 7 nitrogen and oxygen atoms in total. The number of nitrogens with one attached hydrogen (secondary N) is 2. The molecule has 0 bridgehead atoms. The predicted molar refractivity (Wildman–Crippen MR) is 61.5 cm³/mol. The van der Waals surface area contributed by atoms with Crippen molar-refractivity contribution in [3.8, 4) is 0 Å². The Labute approximate surface area is 106 Å². The van der Waals surface area contributed by atoms with Gasteiger partial charge in [-0.05, 0) is 6.07 Å². The van der Waals surface area contributed by atoms with Crippen LogP contribution in [0.1, 0.15) is 5.56 Å². The second-order valence-electron chi connectivity index (χ2n) is 4.26. The van der Waals surface area contributed by atoms with E-state index in [0.29, 0.717) is 0 Å². The Morgan fingerprint density at radius 3 is 2.53 bits per heavy atom. The molecule has 2 aliphatic rings. The maximum Gasteiger partial charge on any atom is 0.355 e. The Balaban J connectivity index is 2.30. The van der Waals surface area contributed by atoms with E-state index in [1.807, 2.05) is 0 Å². The number of nitrogens with zero attached hydrogens (tertiary/aromatic N) is 2. The Morgan fingerprint density at radius 2 is 1.89 bits per heavy atom. The first-order chi connectivity index (χ1) is 8.98. The summed E-state index contributed by atoms with van der Waals surface area (Å²) < 4.78 is 13.9. The predicted octanol–water partition coefficient (Wildman–Crippen LogP) is 0.435. The van der Waals surface area contributed by atoms with Crippen molar-refractivity contribution in [2.45, 2.75) is 5.66 Å². The lowest BCUT2D eigenvalue weighted by Gasteiger charge is -2.42. The molecule has 1 atom stereocenters. The molecule has 0 aromatic heterocycles. The number of anilines is 1. The molecule has 3 rings (SSSR count). The van der Waals surface area contributed by atoms with Crippen LogP contribution in [0.4, 0.5) is 19.8 Å². The zero-order chi connectivity index (χ0) is 13.8. The summed E-state index contributed by atoms with van der Waals surface area (Å²) in [6.07, 6.45) is 0. The van der Waals surface area contributed by atoms with E-state index >= 15 is 0 Å². The van der Waals surface area contributed by atoms with E-state index in [0.717, 1.165) is 4.90 Å². The number of rotatable bonds is 0. The van der Waals surface area contributed by atoms with Crippen LogP contribution in [0, 0.1) is 0 Å². The molecule has 1 aromatic rings. The number of urea groups is 2. The van der Waals surface area contributed by atoms with Gasteiger partial charge in [-0.1, -0.05) is 22.7 Å². The number of halogens is 1. The number of carbonyl (C=O) groups is 3. The number of imide groups is 1. The van der Waals surface area contributed by atoms with E-state index in [1.165, 1.54) is 25.2 Å². The summed E-state index contributed by atoms with van der Waals surface area (Å²) in [4.78, 5) is 36.1. The fraction of sp³-hybridized carbons (Fsp3) is 0.182. The van der Waals surface area contributed by atoms with Crippen LogP contribution in [0.25, 0.3) is 0 Å². The number of fused-ring (bicyclic) bond motifs is 2. The smallest absolute Gasteiger partial charge is 0.303 e. The molecule has 5 amide bonds. The second-order valence-corrected chi connectivity index (χ2v) is 4.26. The molecule has 1 fully saturated rings. The minimum absolute atomic E-state index is 0.0572. The number of hydrogen-bond acceptors (Lipinski definition) is 3. The van der Waals surface area contributed by atoms with Crippen molar-refractivity contribution in [1.82, 2.24) is 15.5 Å². The zero-order valence-corrected chi connectivity index (χ0v) is 9.81. The fourth-order valence-corrected chi connectivity index (χ4v) is 2.38. The van der Waals surface area contributed by atoms with Crippen LogP contribution < -0.4 is 15.8 Å². The molecule has 0 aliphatic carbocycles. The van der Waals surface area contributed by atoms with E-state index in [-0.39, 0.29) is 16.4 Å². The second kappa shape index (κ2) is 3.44. The average Bonchev–Trinajstić information content (AvgIpc) is 2.70. The lowest BCUT2D eigenvalue weighted by Crippen LogP contribution is -2.63. The Kier molecular flexibility index (Phi) is 2.07. The highest BCUT2D eigenvalue weighted by atomic mass is 19.2. The molecule has 1 unspecified atom stereocenters. The number of carbonyl (C=O) groups excluding carboxylic acids is 3. The number of benzene rings is 1. The third kappa shape index (κ3) is 1.22. The highest BCUT2D eigenvalue weighted by Crippen LogP contribution is 2.40. The van der Waals surface area contributed by atoms with Crippen molar-refractivity contribution < 1.29 is 18.9 Å². The monoisotopic (exact) mass is 264 g/mol. The van der Waals surface area contributed by atoms with Crippen LogP contribution in [0.15, 0.2) is 24.3 Å². The first kappa shape index (κ1) is 11.5. The van der Waals surface area contributed by atoms with Gasteiger partial charge in [0, 0.05) is 12.6 Å². The van der Waals surface area contributed by atoms with Gasteiger partial charge in [0.1, 0.15) is 0 Å². The lowest BCUT2D eigenvalue weighted by molar-refractivity contribution is -0.129. The van der Waals surface area contributed by atoms with Crippen LogP contribution in [0.2, 0.25) is 0 Å². The third-order valence-electron chi connectivity index (χ3n) is 3.31. The molecule has 0 radical (unpaired) electrons. The van der Waals surface area contributed by atoms with E-state index in [1.54, 1.807) is 6.07 Å². The van der Waals surface area contributed by atoms with Crippen LogP contribution >= 0.6 is 0 Å². The van der Waals surface area contributed by atoms with Crippen LogP contribution in [0.5, 0.6) is 0 Å². The number of hydrogen-bond donors (Lipinski definition) is 2. The fourth-order valence-electron chi connectivity index (χ4n) is 2.38. The SMILES string of the molecule is CN1C(=O)N(F)c2ccccc2C12NC(=O)NC2=O. The number of amides is 5. The summed E-state index contributed by atoms with van der Waals surface area (Å²) in [7, 11) is 1.25. The topological polar surface area (TPSA) is 81.8 Å². The van der Waals surface area contributed by atoms with E-state index in [4.69, 9.17) is 0 Å². The third-order valence-corrected chi connectivity index (χ3v) is 3.31. The van der Waals surface area contributed by atoms with Crippen molar-refractivity contribution in [2.24, 2.45) is 0 Å². The lowest BCUT2D eigenvalue weighted by atomic mass is 9.94. The van der Waals surface area contributed by atoms with Gasteiger partial charge in [0.2, 0.25) is 5.66 Å². The van der Waals surface area contributed by atoms with Gasteiger partial charge in [-0.15, -0.1) is 5.12 Å². The molecule has 2 aliphatic heterocycles. The normalized spacial score (nSPS) is 25.5. The van der Waals surface area contributed by atoms with Crippen molar-refractivity contribution in [3.63, 3.8) is 0 Å². The molecular weight excluding hydrogens is 255 g/mol. The molecule has 2 heterocycles. The summed E-state index contributed by atoms with van der Waals surface area (Å²) in [6.45, 7) is 0. The van der Waals surface area contributed by atoms with Gasteiger partial charge in [-0.2, -0.15) is 0 Å². The molecule has 1 spiro atoms. The molecule has 1 aromatic carbocycles. The van der Waals surface area contributed by atoms with Crippen LogP contribution in [-0.2, 0) is 10.5 Å². The molecule has 8 heteroatoms. The average molecular weight is 264 g/mol. The minimum atomic E-state index is -1.70. The number of likely N-dealkylation sites (N-methyl/N-ethyl adjacent to an activating group) is 1. The highest BCUT2D eigenvalue weighted by Gasteiger charge is 2.58. The Hall–Kier alpha value is -2.64. The van der Waals surface area contributed by atoms with Gasteiger partial charge < -0.3 is 5.32 Å². The van der Waals surface area contributed by atoms with Crippen molar-refractivity contribution >= 4 is 23.7 Å². The van der Waals surface area contributed by atoms with Gasteiger partial charge in [0.05, 0.1) is 5.69 Å². The van der Waals surface area contributed by atoms with Gasteiger partial charge in [-0.25, -0.2) is 9.59 Å².